The second-order valence-corrected chi connectivity index (χ2v) is 5.05. The Hall–Kier alpha value is -1.47. The van der Waals surface area contributed by atoms with Gasteiger partial charge in [-0.25, -0.2) is 4.39 Å². The molecule has 0 bridgehead atoms. The van der Waals surface area contributed by atoms with Gasteiger partial charge in [0.05, 0.1) is 17.1 Å². The largest absolute Gasteiger partial charge is 0.419 e. The molecular weight excluding hydrogens is 292 g/mol. The number of aromatic nitrogens is 1. The first-order chi connectivity index (χ1) is 9.43. The third kappa shape index (κ3) is 3.16. The lowest BCUT2D eigenvalue weighted by Crippen LogP contribution is -2.21. The molecule has 1 aromatic heterocycles. The second kappa shape index (κ2) is 5.88. The van der Waals surface area contributed by atoms with E-state index in [4.69, 9.17) is 0 Å². The molecule has 1 atom stereocenters. The molecule has 2 aromatic rings. The van der Waals surface area contributed by atoms with Crippen molar-refractivity contribution in [3.63, 3.8) is 0 Å². The van der Waals surface area contributed by atoms with Gasteiger partial charge in [0, 0.05) is 11.1 Å². The molecule has 0 fully saturated rings. The molecule has 108 valence electrons. The number of nitrogens with one attached hydrogen (secondary N) is 1. The molecule has 0 spiro atoms. The first-order valence-electron chi connectivity index (χ1n) is 5.92. The van der Waals surface area contributed by atoms with Crippen molar-refractivity contribution >= 4 is 11.3 Å². The van der Waals surface area contributed by atoms with Gasteiger partial charge in [-0.15, -0.1) is 11.3 Å². The predicted molar refractivity (Wildman–Crippen MR) is 69.0 cm³/mol. The maximum Gasteiger partial charge on any atom is 0.419 e. The molecule has 7 heteroatoms. The van der Waals surface area contributed by atoms with Gasteiger partial charge >= 0.3 is 6.18 Å². The van der Waals surface area contributed by atoms with E-state index in [0.717, 1.165) is 17.0 Å². The molecule has 0 amide bonds. The monoisotopic (exact) mass is 304 g/mol. The number of rotatable bonds is 4. The Morgan fingerprint density at radius 2 is 2.10 bits per heavy atom. The number of halogens is 4. The van der Waals surface area contributed by atoms with Gasteiger partial charge in [-0.1, -0.05) is 13.0 Å². The van der Waals surface area contributed by atoms with Crippen LogP contribution in [0.5, 0.6) is 0 Å². The smallest absolute Gasteiger partial charge is 0.306 e. The third-order valence-electron chi connectivity index (χ3n) is 2.78. The van der Waals surface area contributed by atoms with Crippen LogP contribution in [0.25, 0.3) is 0 Å². The summed E-state index contributed by atoms with van der Waals surface area (Å²) in [5.41, 5.74) is 0.822. The summed E-state index contributed by atoms with van der Waals surface area (Å²) in [6.45, 7) is 2.47. The van der Waals surface area contributed by atoms with E-state index in [0.29, 0.717) is 12.1 Å². The number of alkyl halides is 3. The van der Waals surface area contributed by atoms with Crippen molar-refractivity contribution in [3.05, 3.63) is 51.7 Å². The molecule has 1 heterocycles. The van der Waals surface area contributed by atoms with E-state index in [2.05, 4.69) is 10.3 Å². The van der Waals surface area contributed by atoms with Gasteiger partial charge < -0.3 is 5.32 Å². The summed E-state index contributed by atoms with van der Waals surface area (Å²) >= 11 is 1.36. The fraction of sp³-hybridized carbons (Fsp3) is 0.308. The molecule has 1 N–H and O–H groups in total. The highest BCUT2D eigenvalue weighted by atomic mass is 32.1. The van der Waals surface area contributed by atoms with Crippen LogP contribution < -0.4 is 5.32 Å². The van der Waals surface area contributed by atoms with E-state index in [1.807, 2.05) is 6.92 Å². The van der Waals surface area contributed by atoms with Crippen LogP contribution in [0.1, 0.15) is 29.0 Å². The number of thiazole rings is 1. The van der Waals surface area contributed by atoms with Crippen molar-refractivity contribution in [3.8, 4) is 0 Å². The maximum absolute atomic E-state index is 13.6. The molecule has 20 heavy (non-hydrogen) atoms. The maximum atomic E-state index is 13.6. The first kappa shape index (κ1) is 14.9. The molecule has 0 aliphatic heterocycles. The van der Waals surface area contributed by atoms with Crippen LogP contribution in [-0.2, 0) is 6.18 Å². The molecule has 0 aliphatic rings. The van der Waals surface area contributed by atoms with Gasteiger partial charge in [0.1, 0.15) is 5.82 Å². The summed E-state index contributed by atoms with van der Waals surface area (Å²) in [4.78, 5) is 4.76. The lowest BCUT2D eigenvalue weighted by atomic mass is 10.0. The fourth-order valence-electron chi connectivity index (χ4n) is 1.90. The highest BCUT2D eigenvalue weighted by molar-refractivity contribution is 7.09. The molecule has 0 saturated carbocycles. The average molecular weight is 304 g/mol. The summed E-state index contributed by atoms with van der Waals surface area (Å²) in [5.74, 6) is -1.26. The zero-order chi connectivity index (χ0) is 14.8. The Labute approximate surface area is 117 Å². The van der Waals surface area contributed by atoms with Crippen molar-refractivity contribution in [2.45, 2.75) is 19.1 Å². The van der Waals surface area contributed by atoms with E-state index in [-0.39, 0.29) is 6.04 Å². The van der Waals surface area contributed by atoms with E-state index in [1.165, 1.54) is 17.4 Å². The van der Waals surface area contributed by atoms with Crippen LogP contribution in [-0.4, -0.2) is 11.5 Å². The number of benzene rings is 1. The van der Waals surface area contributed by atoms with Crippen LogP contribution in [0.2, 0.25) is 0 Å². The van der Waals surface area contributed by atoms with Crippen LogP contribution in [0.15, 0.2) is 29.9 Å². The minimum absolute atomic E-state index is 0.357. The SMILES string of the molecule is CCNC(c1ccc(C(F)(F)F)c(F)c1)c1cncs1. The summed E-state index contributed by atoms with van der Waals surface area (Å²) in [7, 11) is 0. The van der Waals surface area contributed by atoms with Crippen LogP contribution >= 0.6 is 11.3 Å². The van der Waals surface area contributed by atoms with Gasteiger partial charge in [0.25, 0.3) is 0 Å². The third-order valence-corrected chi connectivity index (χ3v) is 3.62. The van der Waals surface area contributed by atoms with Crippen LogP contribution in [0.3, 0.4) is 0 Å². The summed E-state index contributed by atoms with van der Waals surface area (Å²) < 4.78 is 51.2. The summed E-state index contributed by atoms with van der Waals surface area (Å²) in [5, 5.41) is 3.11. The Morgan fingerprint density at radius 1 is 1.35 bits per heavy atom. The highest BCUT2D eigenvalue weighted by Crippen LogP contribution is 2.33. The lowest BCUT2D eigenvalue weighted by Gasteiger charge is -2.18. The van der Waals surface area contributed by atoms with Gasteiger partial charge in [0.15, 0.2) is 0 Å². The van der Waals surface area contributed by atoms with Crippen molar-refractivity contribution < 1.29 is 17.6 Å². The fourth-order valence-corrected chi connectivity index (χ4v) is 2.62. The molecule has 0 saturated heterocycles. The molecule has 2 nitrogen and oxygen atoms in total. The molecule has 1 aromatic carbocycles. The van der Waals surface area contributed by atoms with Gasteiger partial charge in [-0.2, -0.15) is 13.2 Å². The Balaban J connectivity index is 2.38. The second-order valence-electron chi connectivity index (χ2n) is 4.13. The van der Waals surface area contributed by atoms with E-state index in [9.17, 15) is 17.6 Å². The minimum atomic E-state index is -4.68. The zero-order valence-corrected chi connectivity index (χ0v) is 11.4. The highest BCUT2D eigenvalue weighted by Gasteiger charge is 2.34. The quantitative estimate of drug-likeness (QED) is 0.864. The molecular formula is C13H12F4N2S. The standard InChI is InChI=1S/C13H12F4N2S/c1-2-19-12(11-6-18-7-20-11)8-3-4-9(10(14)5-8)13(15,16)17/h3-7,12,19H,2H2,1H3. The molecule has 0 aliphatic carbocycles. The minimum Gasteiger partial charge on any atom is -0.306 e. The van der Waals surface area contributed by atoms with Crippen LogP contribution in [0, 0.1) is 5.82 Å². The first-order valence-corrected chi connectivity index (χ1v) is 6.80. The van der Waals surface area contributed by atoms with Gasteiger partial charge in [0.2, 0.25) is 0 Å². The average Bonchev–Trinajstić information content (AvgIpc) is 2.87. The zero-order valence-electron chi connectivity index (χ0n) is 10.5. The van der Waals surface area contributed by atoms with Crippen LogP contribution in [0.4, 0.5) is 17.6 Å². The van der Waals surface area contributed by atoms with E-state index < -0.39 is 17.6 Å². The Kier molecular flexibility index (Phi) is 4.39. The lowest BCUT2D eigenvalue weighted by molar-refractivity contribution is -0.140. The number of hydrogen-bond acceptors (Lipinski definition) is 3. The van der Waals surface area contributed by atoms with Gasteiger partial charge in [-0.05, 0) is 24.2 Å². The number of nitrogens with zero attached hydrogens (tertiary/aromatic N) is 1. The van der Waals surface area contributed by atoms with E-state index in [1.54, 1.807) is 11.7 Å². The predicted octanol–water partition coefficient (Wildman–Crippen LogP) is 4.00. The normalized spacial score (nSPS) is 13.4. The molecule has 1 unspecified atom stereocenters. The molecule has 2 rings (SSSR count). The van der Waals surface area contributed by atoms with Crippen molar-refractivity contribution in [1.82, 2.24) is 10.3 Å². The van der Waals surface area contributed by atoms with Gasteiger partial charge in [-0.3, -0.25) is 4.98 Å². The Bertz CT molecular complexity index is 566. The summed E-state index contributed by atoms with van der Waals surface area (Å²) in [6.07, 6.45) is -3.06. The molecule has 0 radical (unpaired) electrons. The van der Waals surface area contributed by atoms with Crippen molar-refractivity contribution in [2.75, 3.05) is 6.54 Å². The van der Waals surface area contributed by atoms with Crippen molar-refractivity contribution in [1.29, 1.82) is 0 Å². The Morgan fingerprint density at radius 3 is 2.60 bits per heavy atom. The van der Waals surface area contributed by atoms with E-state index >= 15 is 0 Å². The van der Waals surface area contributed by atoms with Crippen molar-refractivity contribution in [2.24, 2.45) is 0 Å². The topological polar surface area (TPSA) is 24.9 Å². The summed E-state index contributed by atoms with van der Waals surface area (Å²) in [6, 6.07) is 2.63. The number of hydrogen-bond donors (Lipinski definition) is 1.